The van der Waals surface area contributed by atoms with E-state index >= 15 is 0 Å². The van der Waals surface area contributed by atoms with E-state index in [1.807, 2.05) is 97.1 Å². The van der Waals surface area contributed by atoms with Gasteiger partial charge in [0.1, 0.15) is 0 Å². The van der Waals surface area contributed by atoms with Crippen molar-refractivity contribution in [2.45, 2.75) is 6.92 Å². The van der Waals surface area contributed by atoms with Gasteiger partial charge in [-0.2, -0.15) is 5.10 Å². The van der Waals surface area contributed by atoms with E-state index in [9.17, 15) is 14.9 Å². The molecule has 2 heterocycles. The van der Waals surface area contributed by atoms with Crippen molar-refractivity contribution in [2.75, 3.05) is 0 Å². The highest BCUT2D eigenvalue weighted by Crippen LogP contribution is 2.36. The number of non-ortho nitro benzene ring substituents is 1. The molecule has 49 heavy (non-hydrogen) atoms. The molecule has 0 unspecified atom stereocenters. The highest BCUT2D eigenvalue weighted by molar-refractivity contribution is 5.97. The number of nitrogens with one attached hydrogen (secondary N) is 1. The molecule has 1 amide bonds. The predicted octanol–water partition coefficient (Wildman–Crippen LogP) is 9.25. The van der Waals surface area contributed by atoms with Gasteiger partial charge in [0, 0.05) is 40.3 Å². The lowest BCUT2D eigenvalue weighted by Crippen LogP contribution is -2.17. The van der Waals surface area contributed by atoms with Crippen LogP contribution in [-0.4, -0.2) is 26.2 Å². The average Bonchev–Trinajstić information content (AvgIpc) is 3.73. The monoisotopic (exact) mass is 641 g/mol. The van der Waals surface area contributed by atoms with Crippen LogP contribution in [0.4, 0.5) is 5.69 Å². The summed E-state index contributed by atoms with van der Waals surface area (Å²) in [7, 11) is 0. The SMILES string of the molecule is Cc1ccc(-c2ccccc2)n1-c1ccc(C(=O)N/N=C\c2cc(-c3ccccc3)n(-c3ccc([N+](=O)[O-])cc3)c2-c2ccccc2)cc1. The second-order valence-corrected chi connectivity index (χ2v) is 11.5. The fourth-order valence-corrected chi connectivity index (χ4v) is 6.04. The van der Waals surface area contributed by atoms with Crippen molar-refractivity contribution < 1.29 is 9.72 Å². The van der Waals surface area contributed by atoms with Gasteiger partial charge >= 0.3 is 0 Å². The van der Waals surface area contributed by atoms with E-state index < -0.39 is 4.92 Å². The number of nitrogens with zero attached hydrogens (tertiary/aromatic N) is 4. The summed E-state index contributed by atoms with van der Waals surface area (Å²) < 4.78 is 4.23. The number of carbonyl (C=O) groups is 1. The zero-order valence-electron chi connectivity index (χ0n) is 26.6. The molecule has 0 radical (unpaired) electrons. The summed E-state index contributed by atoms with van der Waals surface area (Å²) >= 11 is 0. The molecular formula is C41H31N5O3. The van der Waals surface area contributed by atoms with Crippen LogP contribution in [-0.2, 0) is 0 Å². The second-order valence-electron chi connectivity index (χ2n) is 11.5. The molecule has 0 aliphatic carbocycles. The van der Waals surface area contributed by atoms with Crippen LogP contribution >= 0.6 is 0 Å². The van der Waals surface area contributed by atoms with E-state index in [2.05, 4.69) is 50.9 Å². The molecule has 2 aromatic heterocycles. The Morgan fingerprint density at radius 1 is 0.653 bits per heavy atom. The number of nitro benzene ring substituents is 1. The van der Waals surface area contributed by atoms with Crippen molar-refractivity contribution in [3.63, 3.8) is 0 Å². The quantitative estimate of drug-likeness (QED) is 0.0967. The van der Waals surface area contributed by atoms with Crippen molar-refractivity contribution in [3.8, 4) is 45.1 Å². The third-order valence-electron chi connectivity index (χ3n) is 8.37. The molecule has 5 aromatic carbocycles. The van der Waals surface area contributed by atoms with Crippen molar-refractivity contribution >= 4 is 17.8 Å². The molecule has 0 aliphatic heterocycles. The number of benzene rings is 5. The van der Waals surface area contributed by atoms with Crippen LogP contribution in [0, 0.1) is 17.0 Å². The normalized spacial score (nSPS) is 11.1. The molecule has 0 fully saturated rings. The molecule has 8 heteroatoms. The summed E-state index contributed by atoms with van der Waals surface area (Å²) in [6, 6.07) is 50.1. The molecule has 7 rings (SSSR count). The lowest BCUT2D eigenvalue weighted by Gasteiger charge is -2.15. The summed E-state index contributed by atoms with van der Waals surface area (Å²) in [5.74, 6) is -0.338. The van der Waals surface area contributed by atoms with E-state index in [0.717, 1.165) is 56.4 Å². The number of nitro groups is 1. The van der Waals surface area contributed by atoms with Crippen LogP contribution in [0.2, 0.25) is 0 Å². The van der Waals surface area contributed by atoms with Crippen molar-refractivity contribution in [3.05, 3.63) is 185 Å². The van der Waals surface area contributed by atoms with Gasteiger partial charge in [-0.05, 0) is 78.2 Å². The molecule has 0 atom stereocenters. The molecule has 0 saturated carbocycles. The van der Waals surface area contributed by atoms with Crippen molar-refractivity contribution in [1.82, 2.24) is 14.6 Å². The number of amides is 1. The van der Waals surface area contributed by atoms with Crippen LogP contribution in [0.25, 0.3) is 45.1 Å². The Bertz CT molecular complexity index is 2270. The van der Waals surface area contributed by atoms with Crippen LogP contribution < -0.4 is 5.43 Å². The minimum atomic E-state index is -0.409. The zero-order chi connectivity index (χ0) is 33.7. The fraction of sp³-hybridized carbons (Fsp3) is 0.0244. The van der Waals surface area contributed by atoms with Crippen LogP contribution in [0.3, 0.4) is 0 Å². The number of hydrazone groups is 1. The van der Waals surface area contributed by atoms with Gasteiger partial charge in [-0.1, -0.05) is 91.0 Å². The summed E-state index contributed by atoms with van der Waals surface area (Å²) in [4.78, 5) is 24.2. The van der Waals surface area contributed by atoms with Crippen LogP contribution in [0.1, 0.15) is 21.6 Å². The summed E-state index contributed by atoms with van der Waals surface area (Å²) in [6.45, 7) is 2.06. The zero-order valence-corrected chi connectivity index (χ0v) is 26.6. The Kier molecular flexibility index (Phi) is 8.50. The lowest BCUT2D eigenvalue weighted by molar-refractivity contribution is -0.384. The van der Waals surface area contributed by atoms with Gasteiger partial charge in [-0.15, -0.1) is 0 Å². The van der Waals surface area contributed by atoms with E-state index in [4.69, 9.17) is 0 Å². The smallest absolute Gasteiger partial charge is 0.271 e. The number of aryl methyl sites for hydroxylation is 1. The third-order valence-corrected chi connectivity index (χ3v) is 8.37. The maximum atomic E-state index is 13.3. The van der Waals surface area contributed by atoms with E-state index in [1.54, 1.807) is 30.5 Å². The first-order valence-electron chi connectivity index (χ1n) is 15.8. The minimum absolute atomic E-state index is 0.0103. The molecule has 0 saturated heterocycles. The van der Waals surface area contributed by atoms with Gasteiger partial charge in [0.2, 0.25) is 0 Å². The summed E-state index contributed by atoms with van der Waals surface area (Å²) in [5, 5.41) is 15.8. The van der Waals surface area contributed by atoms with Crippen molar-refractivity contribution in [1.29, 1.82) is 0 Å². The maximum Gasteiger partial charge on any atom is 0.271 e. The molecule has 8 nitrogen and oxygen atoms in total. The first kappa shape index (κ1) is 30.8. The Morgan fingerprint density at radius 2 is 1.18 bits per heavy atom. The number of rotatable bonds is 9. The van der Waals surface area contributed by atoms with E-state index in [0.29, 0.717) is 5.56 Å². The van der Waals surface area contributed by atoms with Gasteiger partial charge in [0.05, 0.1) is 28.2 Å². The molecule has 1 N–H and O–H groups in total. The van der Waals surface area contributed by atoms with Crippen LogP contribution in [0.5, 0.6) is 0 Å². The van der Waals surface area contributed by atoms with Gasteiger partial charge in [0.15, 0.2) is 0 Å². The second kappa shape index (κ2) is 13.5. The van der Waals surface area contributed by atoms with E-state index in [-0.39, 0.29) is 11.6 Å². The maximum absolute atomic E-state index is 13.3. The van der Waals surface area contributed by atoms with Gasteiger partial charge in [0.25, 0.3) is 11.6 Å². The van der Waals surface area contributed by atoms with Gasteiger partial charge < -0.3 is 9.13 Å². The largest absolute Gasteiger partial charge is 0.314 e. The Hall–Kier alpha value is -6.80. The first-order valence-corrected chi connectivity index (χ1v) is 15.8. The minimum Gasteiger partial charge on any atom is -0.314 e. The standard InChI is InChI=1S/C41H31N5O3/c1-29-17-26-38(30-11-5-2-6-12-30)44(29)35-20-18-33(19-21-35)41(47)43-42-28-34-27-39(31-13-7-3-8-14-31)45(40(34)32-15-9-4-10-16-32)36-22-24-37(25-23-36)46(48)49/h2-28H,1H3,(H,43,47)/b42-28-. The Morgan fingerprint density at radius 3 is 1.78 bits per heavy atom. The van der Waals surface area contributed by atoms with Crippen molar-refractivity contribution in [2.24, 2.45) is 5.10 Å². The molecule has 238 valence electrons. The number of aromatic nitrogens is 2. The lowest BCUT2D eigenvalue weighted by atomic mass is 10.1. The molecule has 0 aliphatic rings. The number of hydrogen-bond acceptors (Lipinski definition) is 4. The van der Waals surface area contributed by atoms with Gasteiger partial charge in [-0.3, -0.25) is 14.9 Å². The summed E-state index contributed by atoms with van der Waals surface area (Å²) in [6.07, 6.45) is 1.64. The molecular weight excluding hydrogens is 610 g/mol. The van der Waals surface area contributed by atoms with Gasteiger partial charge in [-0.25, -0.2) is 5.43 Å². The Balaban J connectivity index is 1.21. The number of hydrogen-bond donors (Lipinski definition) is 1. The third kappa shape index (κ3) is 6.31. The first-order chi connectivity index (χ1) is 24.0. The molecule has 0 bridgehead atoms. The Labute approximate surface area is 283 Å². The topological polar surface area (TPSA) is 94.5 Å². The average molecular weight is 642 g/mol. The van der Waals surface area contributed by atoms with Crippen LogP contribution in [0.15, 0.2) is 163 Å². The highest BCUT2D eigenvalue weighted by Gasteiger charge is 2.20. The molecule has 0 spiro atoms. The highest BCUT2D eigenvalue weighted by atomic mass is 16.6. The number of carbonyl (C=O) groups excluding carboxylic acids is 1. The summed E-state index contributed by atoms with van der Waals surface area (Å²) in [5.41, 5.74) is 12.5. The van der Waals surface area contributed by atoms with E-state index in [1.165, 1.54) is 12.1 Å². The molecule has 7 aromatic rings. The predicted molar refractivity (Wildman–Crippen MR) is 194 cm³/mol. The fourth-order valence-electron chi connectivity index (χ4n) is 6.04.